The quantitative estimate of drug-likeness (QED) is 0.873. The lowest BCUT2D eigenvalue weighted by Crippen LogP contribution is -2.35. The summed E-state index contributed by atoms with van der Waals surface area (Å²) in [6.07, 6.45) is 3.55. The van der Waals surface area contributed by atoms with Crippen molar-refractivity contribution in [3.05, 3.63) is 58.3 Å². The van der Waals surface area contributed by atoms with Gasteiger partial charge >= 0.3 is 0 Å². The monoisotopic (exact) mass is 348 g/mol. The zero-order valence-electron chi connectivity index (χ0n) is 12.7. The van der Waals surface area contributed by atoms with Gasteiger partial charge in [0.25, 0.3) is 0 Å². The van der Waals surface area contributed by atoms with Crippen molar-refractivity contribution in [1.82, 2.24) is 10.3 Å². The summed E-state index contributed by atoms with van der Waals surface area (Å²) in [5.41, 5.74) is 2.40. The molecular formula is C17H21BrN2O. The molecule has 0 atom stereocenters. The Balaban J connectivity index is 2.01. The molecule has 0 amide bonds. The Morgan fingerprint density at radius 3 is 2.52 bits per heavy atom. The van der Waals surface area contributed by atoms with Gasteiger partial charge in [0.2, 0.25) is 0 Å². The number of ether oxygens (including phenoxy) is 1. The summed E-state index contributed by atoms with van der Waals surface area (Å²) in [5, 5.41) is 3.49. The second-order valence-electron chi connectivity index (χ2n) is 6.00. The number of aromatic nitrogens is 1. The van der Waals surface area contributed by atoms with E-state index in [4.69, 9.17) is 4.74 Å². The number of benzene rings is 1. The summed E-state index contributed by atoms with van der Waals surface area (Å²) in [6, 6.07) is 10.00. The zero-order chi connectivity index (χ0) is 15.3. The number of nitrogens with zero attached hydrogens (tertiary/aromatic N) is 1. The van der Waals surface area contributed by atoms with Gasteiger partial charge < -0.3 is 10.1 Å². The first-order valence-electron chi connectivity index (χ1n) is 6.99. The summed E-state index contributed by atoms with van der Waals surface area (Å²) in [6.45, 7) is 7.83. The number of hydrogen-bond donors (Lipinski definition) is 1. The molecule has 0 radical (unpaired) electrons. The van der Waals surface area contributed by atoms with E-state index in [0.717, 1.165) is 22.3 Å². The summed E-state index contributed by atoms with van der Waals surface area (Å²) < 4.78 is 6.94. The van der Waals surface area contributed by atoms with Crippen LogP contribution in [0.3, 0.4) is 0 Å². The maximum absolute atomic E-state index is 5.84. The summed E-state index contributed by atoms with van der Waals surface area (Å²) in [4.78, 5) is 4.00. The molecule has 0 fully saturated rings. The van der Waals surface area contributed by atoms with Crippen molar-refractivity contribution in [1.29, 1.82) is 0 Å². The second-order valence-corrected chi connectivity index (χ2v) is 6.86. The van der Waals surface area contributed by atoms with Crippen molar-refractivity contribution >= 4 is 15.9 Å². The molecule has 0 saturated carbocycles. The number of hydrogen-bond acceptors (Lipinski definition) is 3. The van der Waals surface area contributed by atoms with Crippen molar-refractivity contribution in [2.24, 2.45) is 0 Å². The Bertz CT molecular complexity index is 579. The molecule has 0 aliphatic heterocycles. The van der Waals surface area contributed by atoms with Crippen LogP contribution in [0.15, 0.2) is 47.2 Å². The molecule has 0 aliphatic carbocycles. The Morgan fingerprint density at radius 2 is 1.86 bits per heavy atom. The van der Waals surface area contributed by atoms with Gasteiger partial charge in [-0.05, 0) is 62.2 Å². The molecule has 0 spiro atoms. The molecular weight excluding hydrogens is 328 g/mol. The van der Waals surface area contributed by atoms with E-state index in [1.807, 2.05) is 24.3 Å². The highest BCUT2D eigenvalue weighted by molar-refractivity contribution is 9.10. The van der Waals surface area contributed by atoms with Crippen LogP contribution < -0.4 is 10.1 Å². The van der Waals surface area contributed by atoms with Crippen LogP contribution in [0.4, 0.5) is 0 Å². The largest absolute Gasteiger partial charge is 0.489 e. The van der Waals surface area contributed by atoms with Gasteiger partial charge in [-0.1, -0.05) is 15.9 Å². The van der Waals surface area contributed by atoms with Crippen molar-refractivity contribution in [3.8, 4) is 5.75 Å². The van der Waals surface area contributed by atoms with E-state index in [0.29, 0.717) is 6.61 Å². The van der Waals surface area contributed by atoms with Crippen LogP contribution in [0, 0.1) is 0 Å². The van der Waals surface area contributed by atoms with E-state index < -0.39 is 0 Å². The number of nitrogens with one attached hydrogen (secondary N) is 1. The lowest BCUT2D eigenvalue weighted by atomic mass is 10.1. The fourth-order valence-corrected chi connectivity index (χ4v) is 2.17. The van der Waals surface area contributed by atoms with Crippen LogP contribution in [-0.2, 0) is 13.2 Å². The van der Waals surface area contributed by atoms with Crippen molar-refractivity contribution in [2.45, 2.75) is 39.5 Å². The Labute approximate surface area is 134 Å². The van der Waals surface area contributed by atoms with Crippen LogP contribution in [0.5, 0.6) is 5.75 Å². The van der Waals surface area contributed by atoms with Gasteiger partial charge in [0.1, 0.15) is 12.4 Å². The van der Waals surface area contributed by atoms with Crippen LogP contribution >= 0.6 is 15.9 Å². The maximum atomic E-state index is 5.84. The van der Waals surface area contributed by atoms with E-state index in [1.165, 1.54) is 5.56 Å². The molecule has 1 aromatic heterocycles. The highest BCUT2D eigenvalue weighted by Gasteiger charge is 2.10. The van der Waals surface area contributed by atoms with Crippen LogP contribution in [0.1, 0.15) is 31.9 Å². The summed E-state index contributed by atoms with van der Waals surface area (Å²) in [7, 11) is 0. The van der Waals surface area contributed by atoms with Crippen molar-refractivity contribution < 1.29 is 4.74 Å². The molecule has 3 nitrogen and oxygen atoms in total. The maximum Gasteiger partial charge on any atom is 0.120 e. The lowest BCUT2D eigenvalue weighted by molar-refractivity contribution is 0.305. The summed E-state index contributed by atoms with van der Waals surface area (Å²) in [5.74, 6) is 0.876. The third kappa shape index (κ3) is 5.48. The lowest BCUT2D eigenvalue weighted by Gasteiger charge is -2.21. The third-order valence-electron chi connectivity index (χ3n) is 2.98. The highest BCUT2D eigenvalue weighted by atomic mass is 79.9. The van der Waals surface area contributed by atoms with Crippen molar-refractivity contribution in [2.75, 3.05) is 0 Å². The first kappa shape index (κ1) is 16.0. The molecule has 4 heteroatoms. The van der Waals surface area contributed by atoms with Gasteiger partial charge in [0.05, 0.1) is 0 Å². The number of pyridine rings is 1. The van der Waals surface area contributed by atoms with Crippen molar-refractivity contribution in [3.63, 3.8) is 0 Å². The van der Waals surface area contributed by atoms with E-state index >= 15 is 0 Å². The topological polar surface area (TPSA) is 34.1 Å². The van der Waals surface area contributed by atoms with Crippen LogP contribution in [0.2, 0.25) is 0 Å². The molecule has 2 aromatic rings. The third-order valence-corrected chi connectivity index (χ3v) is 3.75. The summed E-state index contributed by atoms with van der Waals surface area (Å²) >= 11 is 3.59. The molecule has 2 rings (SSSR count). The van der Waals surface area contributed by atoms with E-state index in [9.17, 15) is 0 Å². The standard InChI is InChI=1S/C17H21BrN2O/c1-17(2,3)20-11-14-10-15(4-5-16(14)18)21-12-13-6-8-19-9-7-13/h4-10,20H,11-12H2,1-3H3. The fourth-order valence-electron chi connectivity index (χ4n) is 1.78. The number of halogens is 1. The normalized spacial score (nSPS) is 11.4. The van der Waals surface area contributed by atoms with Crippen LogP contribution in [0.25, 0.3) is 0 Å². The first-order chi connectivity index (χ1) is 9.94. The second kappa shape index (κ2) is 7.05. The zero-order valence-corrected chi connectivity index (χ0v) is 14.3. The van der Waals surface area contributed by atoms with Crippen LogP contribution in [-0.4, -0.2) is 10.5 Å². The molecule has 0 aliphatic rings. The van der Waals surface area contributed by atoms with Gasteiger partial charge in [-0.2, -0.15) is 0 Å². The SMILES string of the molecule is CC(C)(C)NCc1cc(OCc2ccncc2)ccc1Br. The van der Waals surface area contributed by atoms with E-state index in [-0.39, 0.29) is 5.54 Å². The minimum Gasteiger partial charge on any atom is -0.489 e. The molecule has 0 bridgehead atoms. The molecule has 1 N–H and O–H groups in total. The molecule has 1 heterocycles. The fraction of sp³-hybridized carbons (Fsp3) is 0.353. The van der Waals surface area contributed by atoms with E-state index in [2.05, 4.69) is 53.1 Å². The van der Waals surface area contributed by atoms with Gasteiger partial charge in [-0.3, -0.25) is 4.98 Å². The minimum absolute atomic E-state index is 0.0906. The first-order valence-corrected chi connectivity index (χ1v) is 7.78. The minimum atomic E-state index is 0.0906. The molecule has 112 valence electrons. The predicted molar refractivity (Wildman–Crippen MR) is 89.3 cm³/mol. The number of rotatable bonds is 5. The van der Waals surface area contributed by atoms with E-state index in [1.54, 1.807) is 12.4 Å². The van der Waals surface area contributed by atoms with Gasteiger partial charge in [-0.15, -0.1) is 0 Å². The Hall–Kier alpha value is -1.39. The Morgan fingerprint density at radius 1 is 1.14 bits per heavy atom. The average Bonchev–Trinajstić information content (AvgIpc) is 2.45. The van der Waals surface area contributed by atoms with Gasteiger partial charge in [0, 0.05) is 29.0 Å². The molecule has 0 unspecified atom stereocenters. The van der Waals surface area contributed by atoms with Gasteiger partial charge in [0.15, 0.2) is 0 Å². The Kier molecular flexibility index (Phi) is 5.37. The molecule has 0 saturated heterocycles. The van der Waals surface area contributed by atoms with Gasteiger partial charge in [-0.25, -0.2) is 0 Å². The predicted octanol–water partition coefficient (Wildman–Crippen LogP) is 4.31. The smallest absolute Gasteiger partial charge is 0.120 e. The molecule has 21 heavy (non-hydrogen) atoms. The average molecular weight is 349 g/mol. The highest BCUT2D eigenvalue weighted by Crippen LogP contribution is 2.23. The molecule has 1 aromatic carbocycles.